The van der Waals surface area contributed by atoms with Crippen molar-refractivity contribution in [1.29, 1.82) is 5.26 Å². The van der Waals surface area contributed by atoms with Crippen LogP contribution in [0.2, 0.25) is 0 Å². The van der Waals surface area contributed by atoms with Crippen LogP contribution in [0.4, 0.5) is 5.95 Å². The van der Waals surface area contributed by atoms with Crippen molar-refractivity contribution >= 4 is 22.9 Å². The van der Waals surface area contributed by atoms with Crippen molar-refractivity contribution in [3.05, 3.63) is 77.4 Å². The SMILES string of the molecule is N#Cc1ccccc1COc1cccc(C2N=C(N)Nc3nc4cc5c(cc4n32)OCCCO5)c1. The largest absolute Gasteiger partial charge is 0.489 e. The van der Waals surface area contributed by atoms with Crippen LogP contribution in [0.15, 0.2) is 65.7 Å². The van der Waals surface area contributed by atoms with Gasteiger partial charge in [0.2, 0.25) is 5.95 Å². The predicted octanol–water partition coefficient (Wildman–Crippen LogP) is 3.94. The Morgan fingerprint density at radius 1 is 1.09 bits per heavy atom. The first-order valence-corrected chi connectivity index (χ1v) is 11.3. The first-order valence-electron chi connectivity index (χ1n) is 11.3. The third-order valence-electron chi connectivity index (χ3n) is 5.99. The summed E-state index contributed by atoms with van der Waals surface area (Å²) in [6.07, 6.45) is 0.379. The topological polar surface area (TPSA) is 120 Å². The summed E-state index contributed by atoms with van der Waals surface area (Å²) in [5.74, 6) is 2.91. The van der Waals surface area contributed by atoms with Crippen LogP contribution in [0.25, 0.3) is 11.0 Å². The van der Waals surface area contributed by atoms with E-state index in [0.29, 0.717) is 42.0 Å². The smallest absolute Gasteiger partial charge is 0.212 e. The number of benzene rings is 3. The molecule has 0 radical (unpaired) electrons. The van der Waals surface area contributed by atoms with Crippen LogP contribution < -0.4 is 25.3 Å². The maximum Gasteiger partial charge on any atom is 0.212 e. The Kier molecular flexibility index (Phi) is 5.11. The van der Waals surface area contributed by atoms with Gasteiger partial charge in [-0.2, -0.15) is 5.26 Å². The van der Waals surface area contributed by atoms with Gasteiger partial charge in [0.15, 0.2) is 23.6 Å². The monoisotopic (exact) mass is 466 g/mol. The molecule has 9 nitrogen and oxygen atoms in total. The standard InChI is InChI=1S/C26H22N6O3/c27-14-17-5-1-2-6-18(17)15-35-19-8-3-7-16(11-19)24-30-25(28)31-26-29-20-12-22-23(13-21(20)32(24)26)34-10-4-9-33-22/h1-3,5-8,11-13,24H,4,9-10,15H2,(H3,28,29,30,31). The van der Waals surface area contributed by atoms with Crippen LogP contribution >= 0.6 is 0 Å². The Labute approximate surface area is 201 Å². The molecule has 0 amide bonds. The van der Waals surface area contributed by atoms with Gasteiger partial charge in [0.1, 0.15) is 12.4 Å². The molecule has 0 saturated carbocycles. The van der Waals surface area contributed by atoms with Gasteiger partial charge in [-0.25, -0.2) is 9.98 Å². The summed E-state index contributed by atoms with van der Waals surface area (Å²) in [4.78, 5) is 9.40. The maximum atomic E-state index is 9.34. The summed E-state index contributed by atoms with van der Waals surface area (Å²) in [7, 11) is 0. The average molecular weight is 467 g/mol. The summed E-state index contributed by atoms with van der Waals surface area (Å²) in [6, 6.07) is 21.1. The molecule has 174 valence electrons. The molecular formula is C26H22N6O3. The molecule has 3 heterocycles. The number of nitrogens with zero attached hydrogens (tertiary/aromatic N) is 4. The molecular weight excluding hydrogens is 444 g/mol. The second-order valence-corrected chi connectivity index (χ2v) is 8.29. The van der Waals surface area contributed by atoms with Crippen LogP contribution in [-0.2, 0) is 6.61 Å². The minimum atomic E-state index is -0.448. The van der Waals surface area contributed by atoms with Gasteiger partial charge in [-0.15, -0.1) is 0 Å². The van der Waals surface area contributed by atoms with Crippen molar-refractivity contribution in [2.75, 3.05) is 18.5 Å². The van der Waals surface area contributed by atoms with Gasteiger partial charge >= 0.3 is 0 Å². The van der Waals surface area contributed by atoms with Crippen LogP contribution in [0.1, 0.15) is 29.3 Å². The van der Waals surface area contributed by atoms with Gasteiger partial charge in [0.25, 0.3) is 0 Å². The van der Waals surface area contributed by atoms with Crippen LogP contribution in [0.5, 0.6) is 17.2 Å². The molecule has 4 aromatic rings. The first kappa shape index (κ1) is 20.9. The molecule has 1 atom stereocenters. The summed E-state index contributed by atoms with van der Waals surface area (Å²) in [6.45, 7) is 1.49. The minimum absolute atomic E-state index is 0.279. The number of imidazole rings is 1. The second-order valence-electron chi connectivity index (χ2n) is 8.29. The van der Waals surface area contributed by atoms with Crippen molar-refractivity contribution in [3.63, 3.8) is 0 Å². The Morgan fingerprint density at radius 2 is 1.91 bits per heavy atom. The average Bonchev–Trinajstić information content (AvgIpc) is 3.06. The molecule has 0 saturated heterocycles. The van der Waals surface area contributed by atoms with Crippen LogP contribution in [0, 0.1) is 11.3 Å². The Hall–Kier alpha value is -4.71. The molecule has 35 heavy (non-hydrogen) atoms. The lowest BCUT2D eigenvalue weighted by Gasteiger charge is -2.24. The number of nitrogens with one attached hydrogen (secondary N) is 1. The van der Waals surface area contributed by atoms with E-state index in [0.717, 1.165) is 28.6 Å². The van der Waals surface area contributed by atoms with E-state index in [2.05, 4.69) is 16.4 Å². The normalized spacial score (nSPS) is 16.4. The molecule has 3 aromatic carbocycles. The number of anilines is 1. The van der Waals surface area contributed by atoms with E-state index < -0.39 is 6.17 Å². The molecule has 0 aliphatic carbocycles. The maximum absolute atomic E-state index is 9.34. The molecule has 2 aliphatic rings. The third kappa shape index (κ3) is 3.85. The van der Waals surface area contributed by atoms with Crippen molar-refractivity contribution in [2.24, 2.45) is 10.7 Å². The number of rotatable bonds is 4. The number of nitrogens with two attached hydrogens (primary N) is 1. The molecule has 3 N–H and O–H groups in total. The molecule has 6 rings (SSSR count). The Morgan fingerprint density at radius 3 is 2.77 bits per heavy atom. The van der Waals surface area contributed by atoms with Crippen LogP contribution in [0.3, 0.4) is 0 Å². The predicted molar refractivity (Wildman–Crippen MR) is 131 cm³/mol. The van der Waals surface area contributed by atoms with Gasteiger partial charge < -0.3 is 19.9 Å². The van der Waals surface area contributed by atoms with Crippen molar-refractivity contribution in [3.8, 4) is 23.3 Å². The molecule has 1 aromatic heterocycles. The number of aromatic nitrogens is 2. The summed E-state index contributed by atoms with van der Waals surface area (Å²) >= 11 is 0. The highest BCUT2D eigenvalue weighted by molar-refractivity contribution is 5.95. The summed E-state index contributed by atoms with van der Waals surface area (Å²) in [5.41, 5.74) is 10.0. The number of fused-ring (bicyclic) bond motifs is 4. The molecule has 1 unspecified atom stereocenters. The van der Waals surface area contributed by atoms with Gasteiger partial charge in [-0.3, -0.25) is 9.88 Å². The zero-order chi connectivity index (χ0) is 23.8. The molecule has 0 spiro atoms. The lowest BCUT2D eigenvalue weighted by molar-refractivity contribution is 0.297. The highest BCUT2D eigenvalue weighted by Crippen LogP contribution is 2.39. The van der Waals surface area contributed by atoms with Crippen molar-refractivity contribution in [2.45, 2.75) is 19.2 Å². The van der Waals surface area contributed by atoms with Crippen molar-refractivity contribution in [1.82, 2.24) is 9.55 Å². The minimum Gasteiger partial charge on any atom is -0.489 e. The van der Waals surface area contributed by atoms with E-state index in [1.807, 2.05) is 59.2 Å². The zero-order valence-corrected chi connectivity index (χ0v) is 18.8. The molecule has 0 fully saturated rings. The van der Waals surface area contributed by atoms with Gasteiger partial charge in [0, 0.05) is 29.7 Å². The van der Waals surface area contributed by atoms with Gasteiger partial charge in [-0.05, 0) is 18.2 Å². The lowest BCUT2D eigenvalue weighted by atomic mass is 10.1. The highest BCUT2D eigenvalue weighted by atomic mass is 16.5. The molecule has 0 bridgehead atoms. The van der Waals surface area contributed by atoms with Crippen molar-refractivity contribution < 1.29 is 14.2 Å². The second kappa shape index (κ2) is 8.57. The quantitative estimate of drug-likeness (QED) is 0.467. The lowest BCUT2D eigenvalue weighted by Crippen LogP contribution is -2.31. The van der Waals surface area contributed by atoms with Gasteiger partial charge in [0.05, 0.1) is 35.9 Å². The molecule has 9 heteroatoms. The fourth-order valence-corrected chi connectivity index (χ4v) is 4.33. The van der Waals surface area contributed by atoms with E-state index in [4.69, 9.17) is 24.9 Å². The highest BCUT2D eigenvalue weighted by Gasteiger charge is 2.27. The van der Waals surface area contributed by atoms with Crippen LogP contribution in [-0.4, -0.2) is 28.7 Å². The first-order chi connectivity index (χ1) is 17.2. The number of aliphatic imine (C=N–C) groups is 1. The van der Waals surface area contributed by atoms with E-state index in [9.17, 15) is 5.26 Å². The number of hydrogen-bond donors (Lipinski definition) is 2. The van der Waals surface area contributed by atoms with E-state index in [-0.39, 0.29) is 12.6 Å². The fourth-order valence-electron chi connectivity index (χ4n) is 4.33. The number of nitriles is 1. The third-order valence-corrected chi connectivity index (χ3v) is 5.99. The molecule has 2 aliphatic heterocycles. The fraction of sp³-hybridized carbons (Fsp3) is 0.192. The van der Waals surface area contributed by atoms with Gasteiger partial charge in [-0.1, -0.05) is 30.3 Å². The number of guanidine groups is 1. The zero-order valence-electron chi connectivity index (χ0n) is 18.8. The number of hydrogen-bond acceptors (Lipinski definition) is 8. The van der Waals surface area contributed by atoms with E-state index in [1.54, 1.807) is 6.07 Å². The Balaban J connectivity index is 1.36. The number of ether oxygens (including phenoxy) is 3. The van der Waals surface area contributed by atoms with E-state index in [1.165, 1.54) is 0 Å². The Bertz CT molecular complexity index is 1500. The summed E-state index contributed by atoms with van der Waals surface area (Å²) in [5, 5.41) is 12.4. The summed E-state index contributed by atoms with van der Waals surface area (Å²) < 4.78 is 19.8. The van der Waals surface area contributed by atoms with E-state index >= 15 is 0 Å².